The molecule has 8 heteroatoms. The number of nitrogens with zero attached hydrogens (tertiary/aromatic N) is 1. The van der Waals surface area contributed by atoms with Crippen LogP contribution in [0.3, 0.4) is 0 Å². The maximum Gasteiger partial charge on any atom is 0.300 e. The molecule has 0 saturated carbocycles. The first kappa shape index (κ1) is 27.6. The summed E-state index contributed by atoms with van der Waals surface area (Å²) < 4.78 is 17.1. The van der Waals surface area contributed by atoms with Crippen LogP contribution in [0.15, 0.2) is 72.3 Å². The van der Waals surface area contributed by atoms with Gasteiger partial charge in [0.1, 0.15) is 28.8 Å². The fraction of sp³-hybridized carbons (Fsp3) is 0.290. The number of carbonyl (C=O) groups is 2. The van der Waals surface area contributed by atoms with Gasteiger partial charge in [0, 0.05) is 11.8 Å². The molecule has 1 aliphatic heterocycles. The minimum absolute atomic E-state index is 0.0356. The van der Waals surface area contributed by atoms with Crippen LogP contribution in [0.25, 0.3) is 5.76 Å². The molecule has 0 radical (unpaired) electrons. The molecule has 1 atom stereocenters. The molecule has 1 heterocycles. The Hall–Kier alpha value is -4.46. The van der Waals surface area contributed by atoms with Crippen molar-refractivity contribution in [1.29, 1.82) is 0 Å². The largest absolute Gasteiger partial charge is 0.508 e. The van der Waals surface area contributed by atoms with Gasteiger partial charge >= 0.3 is 0 Å². The highest BCUT2D eigenvalue weighted by Gasteiger charge is 2.47. The zero-order chi connectivity index (χ0) is 28.1. The van der Waals surface area contributed by atoms with E-state index >= 15 is 0 Å². The van der Waals surface area contributed by atoms with Gasteiger partial charge in [0.15, 0.2) is 0 Å². The average molecular weight is 532 g/mol. The number of aliphatic hydroxyl groups excluding tert-OH is 1. The van der Waals surface area contributed by atoms with Crippen molar-refractivity contribution in [3.63, 3.8) is 0 Å². The number of hydrogen-bond acceptors (Lipinski definition) is 7. The first-order chi connectivity index (χ1) is 18.7. The summed E-state index contributed by atoms with van der Waals surface area (Å²) in [7, 11) is 0. The lowest BCUT2D eigenvalue weighted by molar-refractivity contribution is -0.132. The molecular formula is C31H33NO7. The highest BCUT2D eigenvalue weighted by molar-refractivity contribution is 6.51. The van der Waals surface area contributed by atoms with Gasteiger partial charge < -0.3 is 24.4 Å². The molecule has 1 unspecified atom stereocenters. The van der Waals surface area contributed by atoms with Gasteiger partial charge in [0.05, 0.1) is 37.0 Å². The number of aromatic hydroxyl groups is 1. The third kappa shape index (κ3) is 5.85. The van der Waals surface area contributed by atoms with Crippen LogP contribution in [0.2, 0.25) is 0 Å². The molecule has 1 aliphatic rings. The molecule has 0 aliphatic carbocycles. The van der Waals surface area contributed by atoms with Gasteiger partial charge in [-0.1, -0.05) is 26.0 Å². The Kier molecular flexibility index (Phi) is 8.44. The van der Waals surface area contributed by atoms with Crippen LogP contribution in [-0.2, 0) is 9.59 Å². The predicted octanol–water partition coefficient (Wildman–Crippen LogP) is 5.85. The van der Waals surface area contributed by atoms with E-state index < -0.39 is 17.7 Å². The molecule has 204 valence electrons. The number of benzene rings is 3. The average Bonchev–Trinajstić information content (AvgIpc) is 3.18. The van der Waals surface area contributed by atoms with Crippen molar-refractivity contribution < 1.29 is 34.0 Å². The van der Waals surface area contributed by atoms with Crippen LogP contribution in [0, 0.1) is 5.92 Å². The second-order valence-corrected chi connectivity index (χ2v) is 9.49. The normalized spacial score (nSPS) is 16.5. The fourth-order valence-electron chi connectivity index (χ4n) is 4.45. The first-order valence-electron chi connectivity index (χ1n) is 13.0. The zero-order valence-corrected chi connectivity index (χ0v) is 22.5. The number of Topliss-reactive ketones (excluding diaryl/α,β-unsaturated/α-hetero) is 1. The van der Waals surface area contributed by atoms with Crippen molar-refractivity contribution in [2.75, 3.05) is 24.7 Å². The molecule has 0 spiro atoms. The maximum atomic E-state index is 13.5. The van der Waals surface area contributed by atoms with E-state index in [1.54, 1.807) is 61.5 Å². The molecule has 8 nitrogen and oxygen atoms in total. The number of hydrogen-bond donors (Lipinski definition) is 2. The van der Waals surface area contributed by atoms with Crippen LogP contribution in [-0.4, -0.2) is 41.7 Å². The monoisotopic (exact) mass is 531 g/mol. The summed E-state index contributed by atoms with van der Waals surface area (Å²) in [5.41, 5.74) is 1.04. The Morgan fingerprint density at radius 1 is 0.897 bits per heavy atom. The van der Waals surface area contributed by atoms with Crippen molar-refractivity contribution in [2.45, 2.75) is 33.7 Å². The quantitative estimate of drug-likeness (QED) is 0.192. The van der Waals surface area contributed by atoms with Gasteiger partial charge in [0.25, 0.3) is 11.7 Å². The number of ether oxygens (including phenoxy) is 3. The molecule has 39 heavy (non-hydrogen) atoms. The molecule has 0 aromatic heterocycles. The molecule has 1 saturated heterocycles. The lowest BCUT2D eigenvalue weighted by Gasteiger charge is -2.26. The van der Waals surface area contributed by atoms with Crippen LogP contribution < -0.4 is 19.1 Å². The molecular weight excluding hydrogens is 498 g/mol. The topological polar surface area (TPSA) is 106 Å². The summed E-state index contributed by atoms with van der Waals surface area (Å²) in [5.74, 6) is -0.233. The number of aliphatic hydroxyl groups is 1. The molecule has 3 aromatic carbocycles. The van der Waals surface area contributed by atoms with Crippen molar-refractivity contribution in [3.05, 3.63) is 83.4 Å². The molecule has 1 amide bonds. The smallest absolute Gasteiger partial charge is 0.300 e. The van der Waals surface area contributed by atoms with E-state index in [0.29, 0.717) is 54.2 Å². The highest BCUT2D eigenvalue weighted by Crippen LogP contribution is 2.44. The number of ketones is 1. The van der Waals surface area contributed by atoms with E-state index in [-0.39, 0.29) is 22.6 Å². The number of rotatable bonds is 10. The lowest BCUT2D eigenvalue weighted by Crippen LogP contribution is -2.29. The molecule has 4 rings (SSSR count). The SMILES string of the molecule is CCOc1ccc(/C(O)=C2/C(=O)C(=O)N(c3ccc(OCC(C)C)cc3)C2c2cccc(O)c2)c(OCC)c1. The van der Waals surface area contributed by atoms with Crippen LogP contribution in [0.4, 0.5) is 5.69 Å². The molecule has 0 bridgehead atoms. The Morgan fingerprint density at radius 2 is 1.59 bits per heavy atom. The minimum atomic E-state index is -0.999. The standard InChI is InChI=1S/C31H33NO7/c1-5-37-24-14-15-25(26(17-24)38-6-2)29(34)27-28(20-8-7-9-22(33)16-20)32(31(36)30(27)35)21-10-12-23(13-11-21)39-18-19(3)4/h7-17,19,28,33-34H,5-6,18H2,1-4H3/b29-27-. The lowest BCUT2D eigenvalue weighted by atomic mass is 9.94. The summed E-state index contributed by atoms with van der Waals surface area (Å²) in [6, 6.07) is 17.0. The molecule has 1 fully saturated rings. The highest BCUT2D eigenvalue weighted by atomic mass is 16.5. The van der Waals surface area contributed by atoms with E-state index in [2.05, 4.69) is 0 Å². The Labute approximate surface area is 228 Å². The van der Waals surface area contributed by atoms with Gasteiger partial charge in [-0.3, -0.25) is 14.5 Å². The Bertz CT molecular complexity index is 1380. The van der Waals surface area contributed by atoms with Gasteiger partial charge in [-0.05, 0) is 73.9 Å². The van der Waals surface area contributed by atoms with Crippen molar-refractivity contribution >= 4 is 23.1 Å². The fourth-order valence-corrected chi connectivity index (χ4v) is 4.45. The van der Waals surface area contributed by atoms with E-state index in [1.165, 1.54) is 17.0 Å². The summed E-state index contributed by atoms with van der Waals surface area (Å²) in [5, 5.41) is 21.8. The summed E-state index contributed by atoms with van der Waals surface area (Å²) in [6.45, 7) is 9.05. The van der Waals surface area contributed by atoms with E-state index in [0.717, 1.165) is 0 Å². The van der Waals surface area contributed by atoms with Crippen LogP contribution in [0.1, 0.15) is 44.9 Å². The van der Waals surface area contributed by atoms with Crippen molar-refractivity contribution in [1.82, 2.24) is 0 Å². The summed E-state index contributed by atoms with van der Waals surface area (Å²) in [6.07, 6.45) is 0. The van der Waals surface area contributed by atoms with E-state index in [1.807, 2.05) is 20.8 Å². The van der Waals surface area contributed by atoms with Crippen LogP contribution >= 0.6 is 0 Å². The minimum Gasteiger partial charge on any atom is -0.508 e. The van der Waals surface area contributed by atoms with E-state index in [9.17, 15) is 19.8 Å². The van der Waals surface area contributed by atoms with Gasteiger partial charge in [-0.2, -0.15) is 0 Å². The number of phenolic OH excluding ortho intramolecular Hbond substituents is 1. The van der Waals surface area contributed by atoms with Gasteiger partial charge in [-0.25, -0.2) is 0 Å². The second kappa shape index (κ2) is 11.9. The number of anilines is 1. The zero-order valence-electron chi connectivity index (χ0n) is 22.5. The molecule has 3 aromatic rings. The van der Waals surface area contributed by atoms with Crippen molar-refractivity contribution in [2.24, 2.45) is 5.92 Å². The maximum absolute atomic E-state index is 13.5. The van der Waals surface area contributed by atoms with E-state index in [4.69, 9.17) is 14.2 Å². The number of phenols is 1. The Balaban J connectivity index is 1.86. The Morgan fingerprint density at radius 3 is 2.23 bits per heavy atom. The van der Waals surface area contributed by atoms with Gasteiger partial charge in [-0.15, -0.1) is 0 Å². The number of amides is 1. The van der Waals surface area contributed by atoms with Crippen LogP contribution in [0.5, 0.6) is 23.0 Å². The number of carbonyl (C=O) groups excluding carboxylic acids is 2. The van der Waals surface area contributed by atoms with Gasteiger partial charge in [0.2, 0.25) is 0 Å². The third-order valence-corrected chi connectivity index (χ3v) is 6.15. The first-order valence-corrected chi connectivity index (χ1v) is 13.0. The molecule has 2 N–H and O–H groups in total. The summed E-state index contributed by atoms with van der Waals surface area (Å²) in [4.78, 5) is 28.3. The predicted molar refractivity (Wildman–Crippen MR) is 148 cm³/mol. The third-order valence-electron chi connectivity index (χ3n) is 6.15. The second-order valence-electron chi connectivity index (χ2n) is 9.49. The summed E-state index contributed by atoms with van der Waals surface area (Å²) >= 11 is 0. The van der Waals surface area contributed by atoms with Crippen molar-refractivity contribution in [3.8, 4) is 23.0 Å².